The molecule has 0 spiro atoms. The van der Waals surface area contributed by atoms with Gasteiger partial charge in [0.1, 0.15) is 5.82 Å². The smallest absolute Gasteiger partial charge is 0.225 e. The fourth-order valence-electron chi connectivity index (χ4n) is 3.18. The minimum absolute atomic E-state index is 0.412. The summed E-state index contributed by atoms with van der Waals surface area (Å²) in [6.45, 7) is 5.52. The Morgan fingerprint density at radius 3 is 2.71 bits per heavy atom. The predicted molar refractivity (Wildman–Crippen MR) is 90.4 cm³/mol. The molecule has 0 saturated carbocycles. The van der Waals surface area contributed by atoms with E-state index in [4.69, 9.17) is 0 Å². The van der Waals surface area contributed by atoms with Crippen molar-refractivity contribution in [3.63, 3.8) is 0 Å². The number of aromatic nitrogens is 6. The van der Waals surface area contributed by atoms with Crippen molar-refractivity contribution >= 4 is 5.95 Å². The van der Waals surface area contributed by atoms with Crippen LogP contribution in [0, 0.1) is 5.92 Å². The number of imidazole rings is 1. The van der Waals surface area contributed by atoms with E-state index in [1.165, 1.54) is 0 Å². The summed E-state index contributed by atoms with van der Waals surface area (Å²) in [7, 11) is 0. The van der Waals surface area contributed by atoms with Crippen LogP contribution >= 0.6 is 0 Å². The number of nitrogens with zero attached hydrogens (tertiary/aromatic N) is 7. The van der Waals surface area contributed by atoms with E-state index in [1.54, 1.807) is 0 Å². The molecule has 0 bridgehead atoms. The molecule has 0 saturated heterocycles. The topological polar surface area (TPSA) is 64.7 Å². The van der Waals surface area contributed by atoms with E-state index in [2.05, 4.69) is 42.6 Å². The Kier molecular flexibility index (Phi) is 3.98. The highest BCUT2D eigenvalue weighted by molar-refractivity contribution is 5.31. The quantitative estimate of drug-likeness (QED) is 0.732. The number of fused-ring (bicyclic) bond motifs is 1. The average molecular weight is 323 g/mol. The van der Waals surface area contributed by atoms with Crippen LogP contribution in [0.5, 0.6) is 0 Å². The van der Waals surface area contributed by atoms with Crippen molar-refractivity contribution < 1.29 is 0 Å². The molecule has 3 aromatic heterocycles. The molecule has 0 aromatic carbocycles. The molecule has 0 N–H and O–H groups in total. The Hall–Kier alpha value is -2.70. The van der Waals surface area contributed by atoms with Crippen LogP contribution in [-0.2, 0) is 26.1 Å². The Balaban J connectivity index is 1.60. The summed E-state index contributed by atoms with van der Waals surface area (Å²) in [4.78, 5) is 15.8. The largest absolute Gasteiger partial charge is 0.333 e. The van der Waals surface area contributed by atoms with Gasteiger partial charge < -0.3 is 9.47 Å². The van der Waals surface area contributed by atoms with E-state index in [0.29, 0.717) is 5.92 Å². The van der Waals surface area contributed by atoms with Gasteiger partial charge in [-0.3, -0.25) is 4.68 Å². The van der Waals surface area contributed by atoms with Crippen LogP contribution in [0.15, 0.2) is 43.2 Å². The Morgan fingerprint density at radius 2 is 1.96 bits per heavy atom. The van der Waals surface area contributed by atoms with Gasteiger partial charge in [0.05, 0.1) is 6.54 Å². The highest BCUT2D eigenvalue weighted by Crippen LogP contribution is 2.20. The zero-order chi connectivity index (χ0) is 16.4. The molecular weight excluding hydrogens is 302 g/mol. The first-order valence-corrected chi connectivity index (χ1v) is 8.35. The van der Waals surface area contributed by atoms with E-state index in [-0.39, 0.29) is 0 Å². The van der Waals surface area contributed by atoms with E-state index < -0.39 is 0 Å². The summed E-state index contributed by atoms with van der Waals surface area (Å²) in [6, 6.07) is 1.96. The van der Waals surface area contributed by atoms with Gasteiger partial charge in [-0.05, 0) is 18.1 Å². The molecule has 1 aliphatic heterocycles. The Labute approximate surface area is 141 Å². The second-order valence-corrected chi connectivity index (χ2v) is 6.22. The van der Waals surface area contributed by atoms with Gasteiger partial charge in [-0.1, -0.05) is 6.92 Å². The molecule has 124 valence electrons. The lowest BCUT2D eigenvalue weighted by molar-refractivity contribution is 0.378. The van der Waals surface area contributed by atoms with Gasteiger partial charge in [0.15, 0.2) is 0 Å². The normalized spacial score (nSPS) is 17.5. The standard InChI is InChI=1S/C17H21N7/c1-2-14-8-19-17(20-9-14)23-11-15(12-24-6-3-4-21-24)10-22-7-5-18-16(22)13-23/h3-9,15H,2,10-13H2,1H3. The lowest BCUT2D eigenvalue weighted by Gasteiger charge is -2.24. The number of rotatable bonds is 4. The van der Waals surface area contributed by atoms with Crippen molar-refractivity contribution in [3.8, 4) is 0 Å². The number of hydrogen-bond acceptors (Lipinski definition) is 5. The van der Waals surface area contributed by atoms with Crippen LogP contribution in [0.1, 0.15) is 18.3 Å². The molecule has 24 heavy (non-hydrogen) atoms. The van der Waals surface area contributed by atoms with Gasteiger partial charge in [0.25, 0.3) is 0 Å². The Bertz CT molecular complexity index is 776. The summed E-state index contributed by atoms with van der Waals surface area (Å²) in [5.41, 5.74) is 1.16. The summed E-state index contributed by atoms with van der Waals surface area (Å²) >= 11 is 0. The first kappa shape index (κ1) is 14.9. The number of aryl methyl sites for hydroxylation is 1. The van der Waals surface area contributed by atoms with Gasteiger partial charge in [0, 0.05) is 62.7 Å². The van der Waals surface area contributed by atoms with Crippen molar-refractivity contribution in [1.82, 2.24) is 29.3 Å². The van der Waals surface area contributed by atoms with E-state index >= 15 is 0 Å². The molecule has 0 amide bonds. The molecule has 3 aromatic rings. The number of hydrogen-bond donors (Lipinski definition) is 0. The molecule has 0 fully saturated rings. The first-order chi connectivity index (χ1) is 11.8. The van der Waals surface area contributed by atoms with Crippen LogP contribution in [0.25, 0.3) is 0 Å². The molecule has 4 rings (SSSR count). The second kappa shape index (κ2) is 6.43. The molecule has 7 nitrogen and oxygen atoms in total. The first-order valence-electron chi connectivity index (χ1n) is 8.35. The van der Waals surface area contributed by atoms with Crippen molar-refractivity contribution in [3.05, 3.63) is 54.6 Å². The maximum absolute atomic E-state index is 4.56. The van der Waals surface area contributed by atoms with Crippen LogP contribution in [-0.4, -0.2) is 35.8 Å². The van der Waals surface area contributed by atoms with Crippen LogP contribution in [0.4, 0.5) is 5.95 Å². The number of anilines is 1. The lowest BCUT2D eigenvalue weighted by Crippen LogP contribution is -2.31. The molecule has 1 aliphatic rings. The van der Waals surface area contributed by atoms with Crippen molar-refractivity contribution in [2.75, 3.05) is 11.4 Å². The molecule has 7 heteroatoms. The lowest BCUT2D eigenvalue weighted by atomic mass is 10.1. The third kappa shape index (κ3) is 3.02. The summed E-state index contributed by atoms with van der Waals surface area (Å²) in [5.74, 6) is 2.24. The van der Waals surface area contributed by atoms with Crippen molar-refractivity contribution in [2.24, 2.45) is 5.92 Å². The molecule has 0 radical (unpaired) electrons. The summed E-state index contributed by atoms with van der Waals surface area (Å²) in [6.07, 6.45) is 12.5. The fourth-order valence-corrected chi connectivity index (χ4v) is 3.18. The average Bonchev–Trinajstić information content (AvgIpc) is 3.24. The predicted octanol–water partition coefficient (Wildman–Crippen LogP) is 1.77. The highest BCUT2D eigenvalue weighted by Gasteiger charge is 2.24. The minimum atomic E-state index is 0.412. The van der Waals surface area contributed by atoms with Gasteiger partial charge in [-0.2, -0.15) is 5.10 Å². The van der Waals surface area contributed by atoms with Crippen molar-refractivity contribution in [1.29, 1.82) is 0 Å². The van der Waals surface area contributed by atoms with Crippen molar-refractivity contribution in [2.45, 2.75) is 33.0 Å². The summed E-state index contributed by atoms with van der Waals surface area (Å²) in [5, 5.41) is 4.35. The van der Waals surface area contributed by atoms with Crippen LogP contribution in [0.3, 0.4) is 0 Å². The van der Waals surface area contributed by atoms with E-state index in [0.717, 1.165) is 49.9 Å². The molecular formula is C17H21N7. The molecule has 0 aliphatic carbocycles. The molecule has 1 atom stereocenters. The SMILES string of the molecule is CCc1cnc(N2Cc3nccn3CC(Cn3cccn3)C2)nc1. The molecule has 1 unspecified atom stereocenters. The monoisotopic (exact) mass is 323 g/mol. The highest BCUT2D eigenvalue weighted by atomic mass is 15.3. The minimum Gasteiger partial charge on any atom is -0.333 e. The van der Waals surface area contributed by atoms with Gasteiger partial charge in [0.2, 0.25) is 5.95 Å². The fraction of sp³-hybridized carbons (Fsp3) is 0.412. The third-order valence-corrected chi connectivity index (χ3v) is 4.45. The van der Waals surface area contributed by atoms with E-state index in [1.807, 2.05) is 41.7 Å². The van der Waals surface area contributed by atoms with Gasteiger partial charge >= 0.3 is 0 Å². The maximum atomic E-state index is 4.56. The maximum Gasteiger partial charge on any atom is 0.225 e. The van der Waals surface area contributed by atoms with Crippen LogP contribution < -0.4 is 4.90 Å². The van der Waals surface area contributed by atoms with Crippen LogP contribution in [0.2, 0.25) is 0 Å². The van der Waals surface area contributed by atoms with E-state index in [9.17, 15) is 0 Å². The van der Waals surface area contributed by atoms with Gasteiger partial charge in [-0.25, -0.2) is 15.0 Å². The van der Waals surface area contributed by atoms with Gasteiger partial charge in [-0.15, -0.1) is 0 Å². The zero-order valence-electron chi connectivity index (χ0n) is 13.8. The molecule has 4 heterocycles. The second-order valence-electron chi connectivity index (χ2n) is 6.22. The zero-order valence-corrected chi connectivity index (χ0v) is 13.8. The third-order valence-electron chi connectivity index (χ3n) is 4.45. The Morgan fingerprint density at radius 1 is 1.08 bits per heavy atom. The summed E-state index contributed by atoms with van der Waals surface area (Å²) < 4.78 is 4.22.